The monoisotopic (exact) mass is 651 g/mol. The molecule has 0 aliphatic heterocycles. The largest absolute Gasteiger partial charge is 0.456 e. The normalized spacial score (nSPS) is 11.9. The van der Waals surface area contributed by atoms with E-state index >= 15 is 0 Å². The van der Waals surface area contributed by atoms with Crippen LogP contribution in [0.4, 0.5) is 17.1 Å². The molecule has 0 radical (unpaired) electrons. The van der Waals surface area contributed by atoms with Gasteiger partial charge in [0, 0.05) is 27.5 Å². The van der Waals surface area contributed by atoms with Crippen LogP contribution in [0.25, 0.3) is 87.3 Å². The molecule has 0 aliphatic rings. The number of benzene rings is 9. The van der Waals surface area contributed by atoms with Crippen molar-refractivity contribution in [1.29, 1.82) is 0 Å². The molecule has 9 aromatic carbocycles. The second-order valence-electron chi connectivity index (χ2n) is 13.3. The standard InChI is InChI=1S/C48H29NO2/c1-2-9-37-31(8-1)16-19-33-20-17-32-18-21-34(28-40(32)47(33)37)30-22-24-35(25-23-30)49(36-26-27-45-41(29-36)38-10-3-5-13-43(38)50-45)42-12-7-15-46-48(42)39-11-4-6-14-44(39)51-46/h1-29H. The van der Waals surface area contributed by atoms with Gasteiger partial charge in [0.05, 0.1) is 11.1 Å². The first-order valence-corrected chi connectivity index (χ1v) is 17.3. The van der Waals surface area contributed by atoms with Crippen molar-refractivity contribution in [3.63, 3.8) is 0 Å². The van der Waals surface area contributed by atoms with E-state index in [1.807, 2.05) is 24.3 Å². The van der Waals surface area contributed by atoms with Crippen LogP contribution in [0.3, 0.4) is 0 Å². The highest BCUT2D eigenvalue weighted by Gasteiger charge is 2.21. The molecule has 0 fully saturated rings. The third kappa shape index (κ3) is 4.32. The van der Waals surface area contributed by atoms with Gasteiger partial charge in [-0.2, -0.15) is 0 Å². The Bertz CT molecular complexity index is 3140. The molecule has 0 bridgehead atoms. The molecule has 0 saturated carbocycles. The van der Waals surface area contributed by atoms with Crippen LogP contribution >= 0.6 is 0 Å². The molecule has 0 amide bonds. The van der Waals surface area contributed by atoms with Crippen LogP contribution in [0.5, 0.6) is 0 Å². The smallest absolute Gasteiger partial charge is 0.137 e. The van der Waals surface area contributed by atoms with Crippen LogP contribution in [0.2, 0.25) is 0 Å². The summed E-state index contributed by atoms with van der Waals surface area (Å²) < 4.78 is 12.6. The summed E-state index contributed by atoms with van der Waals surface area (Å²) in [5.74, 6) is 0. The third-order valence-electron chi connectivity index (χ3n) is 10.4. The van der Waals surface area contributed by atoms with E-state index in [1.54, 1.807) is 0 Å². The predicted octanol–water partition coefficient (Wildman–Crippen LogP) is 14.1. The summed E-state index contributed by atoms with van der Waals surface area (Å²) >= 11 is 0. The van der Waals surface area contributed by atoms with Crippen molar-refractivity contribution in [1.82, 2.24) is 0 Å². The van der Waals surface area contributed by atoms with Crippen LogP contribution in [0, 0.1) is 0 Å². The lowest BCUT2D eigenvalue weighted by atomic mass is 9.94. The van der Waals surface area contributed by atoms with E-state index in [4.69, 9.17) is 8.83 Å². The summed E-state index contributed by atoms with van der Waals surface area (Å²) in [5, 5.41) is 12.0. The summed E-state index contributed by atoms with van der Waals surface area (Å²) in [6.45, 7) is 0. The Hall–Kier alpha value is -6.84. The molecule has 2 aromatic heterocycles. The van der Waals surface area contributed by atoms with E-state index in [0.29, 0.717) is 0 Å². The summed E-state index contributed by atoms with van der Waals surface area (Å²) in [6, 6.07) is 62.7. The van der Waals surface area contributed by atoms with E-state index in [0.717, 1.165) is 60.9 Å². The maximum absolute atomic E-state index is 6.36. The SMILES string of the molecule is c1ccc2c(c1)ccc1ccc3ccc(-c4ccc(N(c5ccc6oc7ccccc7c6c5)c5cccc6oc7ccccc7c56)cc4)cc3c12. The summed E-state index contributed by atoms with van der Waals surface area (Å²) in [7, 11) is 0. The second-order valence-corrected chi connectivity index (χ2v) is 13.3. The number of hydrogen-bond acceptors (Lipinski definition) is 3. The molecule has 0 N–H and O–H groups in total. The van der Waals surface area contributed by atoms with Gasteiger partial charge in [0.2, 0.25) is 0 Å². The van der Waals surface area contributed by atoms with Gasteiger partial charge in [-0.1, -0.05) is 115 Å². The first-order chi connectivity index (χ1) is 25.3. The Morgan fingerprint density at radius 1 is 0.314 bits per heavy atom. The lowest BCUT2D eigenvalue weighted by molar-refractivity contribution is 0.668. The van der Waals surface area contributed by atoms with Crippen LogP contribution < -0.4 is 4.90 Å². The number of para-hydroxylation sites is 2. The van der Waals surface area contributed by atoms with Crippen molar-refractivity contribution in [2.45, 2.75) is 0 Å². The van der Waals surface area contributed by atoms with Gasteiger partial charge in [0.15, 0.2) is 0 Å². The molecule has 3 nitrogen and oxygen atoms in total. The molecule has 0 aliphatic carbocycles. The van der Waals surface area contributed by atoms with Crippen molar-refractivity contribution < 1.29 is 8.83 Å². The highest BCUT2D eigenvalue weighted by atomic mass is 16.3. The molecule has 11 rings (SSSR count). The highest BCUT2D eigenvalue weighted by molar-refractivity contribution is 6.21. The summed E-state index contributed by atoms with van der Waals surface area (Å²) in [5.41, 5.74) is 9.02. The molecule has 0 atom stereocenters. The van der Waals surface area contributed by atoms with Gasteiger partial charge in [-0.05, 0) is 104 Å². The minimum absolute atomic E-state index is 0.862. The number of hydrogen-bond donors (Lipinski definition) is 0. The number of anilines is 3. The van der Waals surface area contributed by atoms with Gasteiger partial charge < -0.3 is 13.7 Å². The van der Waals surface area contributed by atoms with Crippen molar-refractivity contribution in [2.75, 3.05) is 4.90 Å². The van der Waals surface area contributed by atoms with Crippen LogP contribution in [0.1, 0.15) is 0 Å². The maximum Gasteiger partial charge on any atom is 0.137 e. The first kappa shape index (κ1) is 28.0. The Labute approximate surface area is 293 Å². The van der Waals surface area contributed by atoms with Gasteiger partial charge >= 0.3 is 0 Å². The summed E-state index contributed by atoms with van der Waals surface area (Å²) in [4.78, 5) is 2.34. The van der Waals surface area contributed by atoms with Crippen molar-refractivity contribution in [3.8, 4) is 11.1 Å². The molecule has 0 saturated heterocycles. The Kier molecular flexibility index (Phi) is 5.96. The van der Waals surface area contributed by atoms with Gasteiger partial charge in [0.25, 0.3) is 0 Å². The number of nitrogens with zero attached hydrogens (tertiary/aromatic N) is 1. The van der Waals surface area contributed by atoms with Crippen molar-refractivity contribution >= 4 is 93.3 Å². The molecular weight excluding hydrogens is 623 g/mol. The average Bonchev–Trinajstić information content (AvgIpc) is 3.76. The lowest BCUT2D eigenvalue weighted by Crippen LogP contribution is -2.10. The van der Waals surface area contributed by atoms with Crippen LogP contribution in [-0.2, 0) is 0 Å². The molecular formula is C48H29NO2. The van der Waals surface area contributed by atoms with E-state index in [1.165, 1.54) is 43.4 Å². The van der Waals surface area contributed by atoms with E-state index in [-0.39, 0.29) is 0 Å². The maximum atomic E-state index is 6.36. The molecule has 3 heteroatoms. The van der Waals surface area contributed by atoms with Gasteiger partial charge in [-0.25, -0.2) is 0 Å². The summed E-state index contributed by atoms with van der Waals surface area (Å²) in [6.07, 6.45) is 0. The quantitative estimate of drug-likeness (QED) is 0.177. The Morgan fingerprint density at radius 2 is 0.902 bits per heavy atom. The minimum Gasteiger partial charge on any atom is -0.456 e. The van der Waals surface area contributed by atoms with E-state index in [2.05, 4.69) is 157 Å². The van der Waals surface area contributed by atoms with Gasteiger partial charge in [-0.3, -0.25) is 0 Å². The topological polar surface area (TPSA) is 29.5 Å². The lowest BCUT2D eigenvalue weighted by Gasteiger charge is -2.26. The molecule has 0 unspecified atom stereocenters. The van der Waals surface area contributed by atoms with Crippen LogP contribution in [0.15, 0.2) is 185 Å². The fourth-order valence-corrected chi connectivity index (χ4v) is 8.03. The predicted molar refractivity (Wildman–Crippen MR) is 214 cm³/mol. The number of furan rings is 2. The number of rotatable bonds is 4. The number of fused-ring (bicyclic) bond motifs is 11. The first-order valence-electron chi connectivity index (χ1n) is 17.3. The van der Waals surface area contributed by atoms with Crippen molar-refractivity contribution in [3.05, 3.63) is 176 Å². The zero-order valence-electron chi connectivity index (χ0n) is 27.5. The van der Waals surface area contributed by atoms with Gasteiger partial charge in [-0.15, -0.1) is 0 Å². The highest BCUT2D eigenvalue weighted by Crippen LogP contribution is 2.45. The molecule has 238 valence electrons. The molecule has 0 spiro atoms. The third-order valence-corrected chi connectivity index (χ3v) is 10.4. The molecule has 11 aromatic rings. The fraction of sp³-hybridized carbons (Fsp3) is 0. The molecule has 51 heavy (non-hydrogen) atoms. The van der Waals surface area contributed by atoms with Gasteiger partial charge in [0.1, 0.15) is 22.3 Å². The fourth-order valence-electron chi connectivity index (χ4n) is 8.03. The van der Waals surface area contributed by atoms with E-state index in [9.17, 15) is 0 Å². The van der Waals surface area contributed by atoms with Crippen molar-refractivity contribution in [2.24, 2.45) is 0 Å². The second kappa shape index (κ2) is 10.8. The zero-order chi connectivity index (χ0) is 33.5. The average molecular weight is 652 g/mol. The Balaban J connectivity index is 1.10. The van der Waals surface area contributed by atoms with E-state index < -0.39 is 0 Å². The molecule has 2 heterocycles. The van der Waals surface area contributed by atoms with Crippen LogP contribution in [-0.4, -0.2) is 0 Å². The minimum atomic E-state index is 0.862. The zero-order valence-corrected chi connectivity index (χ0v) is 27.5. The Morgan fingerprint density at radius 3 is 1.75 bits per heavy atom.